The van der Waals surface area contributed by atoms with Crippen molar-refractivity contribution in [3.8, 4) is 0 Å². The molecule has 0 aliphatic carbocycles. The monoisotopic (exact) mass is 223 g/mol. The lowest BCUT2D eigenvalue weighted by atomic mass is 10.1. The molecule has 5 heteroatoms. The minimum absolute atomic E-state index is 0.0284. The maximum atomic E-state index is 10.8. The van der Waals surface area contributed by atoms with Gasteiger partial charge in [0.25, 0.3) is 5.69 Å². The van der Waals surface area contributed by atoms with Gasteiger partial charge in [-0.1, -0.05) is 11.6 Å². The summed E-state index contributed by atoms with van der Waals surface area (Å²) < 4.78 is 4.94. The third-order valence-electron chi connectivity index (χ3n) is 2.16. The van der Waals surface area contributed by atoms with Gasteiger partial charge in [-0.25, -0.2) is 0 Å². The number of rotatable bonds is 3. The van der Waals surface area contributed by atoms with Crippen molar-refractivity contribution in [1.82, 2.24) is 0 Å². The van der Waals surface area contributed by atoms with E-state index >= 15 is 0 Å². The Morgan fingerprint density at radius 1 is 1.50 bits per heavy atom. The van der Waals surface area contributed by atoms with Gasteiger partial charge >= 0.3 is 5.97 Å². The standard InChI is InChI=1S/C11H13NO4/c1-7-4-5-11(12(14)15)10(6-7)8(2)16-9(3)13/h4-6,8H,1-3H3. The first kappa shape index (κ1) is 12.2. The number of benzene rings is 1. The van der Waals surface area contributed by atoms with Crippen molar-refractivity contribution in [2.75, 3.05) is 0 Å². The lowest BCUT2D eigenvalue weighted by molar-refractivity contribution is -0.386. The van der Waals surface area contributed by atoms with E-state index in [0.717, 1.165) is 5.56 Å². The van der Waals surface area contributed by atoms with Gasteiger partial charge in [0.1, 0.15) is 6.10 Å². The quantitative estimate of drug-likeness (QED) is 0.448. The zero-order valence-electron chi connectivity index (χ0n) is 9.39. The summed E-state index contributed by atoms with van der Waals surface area (Å²) in [4.78, 5) is 21.1. The van der Waals surface area contributed by atoms with Crippen molar-refractivity contribution in [2.45, 2.75) is 26.9 Å². The average Bonchev–Trinajstić information content (AvgIpc) is 2.15. The number of hydrogen-bond acceptors (Lipinski definition) is 4. The molecule has 0 N–H and O–H groups in total. The molecule has 0 saturated heterocycles. The SMILES string of the molecule is CC(=O)OC(C)c1cc(C)ccc1[N+](=O)[O-]. The highest BCUT2D eigenvalue weighted by Crippen LogP contribution is 2.28. The van der Waals surface area contributed by atoms with Gasteiger partial charge in [0.2, 0.25) is 0 Å². The zero-order valence-corrected chi connectivity index (χ0v) is 9.39. The van der Waals surface area contributed by atoms with Crippen LogP contribution in [0, 0.1) is 17.0 Å². The smallest absolute Gasteiger partial charge is 0.303 e. The van der Waals surface area contributed by atoms with Gasteiger partial charge in [0, 0.05) is 13.0 Å². The molecule has 1 rings (SSSR count). The molecule has 0 bridgehead atoms. The summed E-state index contributed by atoms with van der Waals surface area (Å²) in [6, 6.07) is 4.73. The third-order valence-corrected chi connectivity index (χ3v) is 2.16. The minimum Gasteiger partial charge on any atom is -0.458 e. The fourth-order valence-electron chi connectivity index (χ4n) is 1.48. The van der Waals surface area contributed by atoms with Crippen LogP contribution in [0.25, 0.3) is 0 Å². The highest BCUT2D eigenvalue weighted by atomic mass is 16.6. The predicted molar refractivity (Wildman–Crippen MR) is 58.0 cm³/mol. The number of carbonyl (C=O) groups is 1. The number of carbonyl (C=O) groups excluding carboxylic acids is 1. The number of aryl methyl sites for hydroxylation is 1. The largest absolute Gasteiger partial charge is 0.458 e. The Morgan fingerprint density at radius 2 is 2.12 bits per heavy atom. The van der Waals surface area contributed by atoms with Crippen LogP contribution in [0.2, 0.25) is 0 Å². The van der Waals surface area contributed by atoms with E-state index < -0.39 is 17.0 Å². The molecule has 0 saturated carbocycles. The van der Waals surface area contributed by atoms with Crippen LogP contribution in [-0.4, -0.2) is 10.9 Å². The van der Waals surface area contributed by atoms with Crippen LogP contribution in [0.5, 0.6) is 0 Å². The number of ether oxygens (including phenoxy) is 1. The van der Waals surface area contributed by atoms with E-state index in [1.807, 2.05) is 6.92 Å². The number of nitro groups is 1. The van der Waals surface area contributed by atoms with Gasteiger partial charge in [-0.2, -0.15) is 0 Å². The van der Waals surface area contributed by atoms with Crippen LogP contribution >= 0.6 is 0 Å². The van der Waals surface area contributed by atoms with Gasteiger partial charge in [-0.05, 0) is 19.9 Å². The van der Waals surface area contributed by atoms with Crippen LogP contribution < -0.4 is 0 Å². The fourth-order valence-corrected chi connectivity index (χ4v) is 1.48. The molecule has 16 heavy (non-hydrogen) atoms. The number of nitro benzene ring substituents is 1. The molecule has 86 valence electrons. The Bertz CT molecular complexity index is 428. The molecule has 0 aromatic heterocycles. The molecule has 0 aliphatic rings. The van der Waals surface area contributed by atoms with E-state index in [9.17, 15) is 14.9 Å². The second-order valence-electron chi connectivity index (χ2n) is 3.57. The molecule has 0 amide bonds. The van der Waals surface area contributed by atoms with Crippen molar-refractivity contribution < 1.29 is 14.5 Å². The van der Waals surface area contributed by atoms with Crippen molar-refractivity contribution in [3.05, 3.63) is 39.4 Å². The maximum Gasteiger partial charge on any atom is 0.303 e. The second kappa shape index (κ2) is 4.74. The van der Waals surface area contributed by atoms with Crippen molar-refractivity contribution >= 4 is 11.7 Å². The Morgan fingerprint density at radius 3 is 2.62 bits per heavy atom. The predicted octanol–water partition coefficient (Wildman–Crippen LogP) is 2.53. The van der Waals surface area contributed by atoms with Crippen LogP contribution in [0.1, 0.15) is 31.1 Å². The lowest BCUT2D eigenvalue weighted by Gasteiger charge is -2.12. The Hall–Kier alpha value is -1.91. The molecule has 5 nitrogen and oxygen atoms in total. The first-order chi connectivity index (χ1) is 7.41. The van der Waals surface area contributed by atoms with E-state index in [-0.39, 0.29) is 5.69 Å². The highest BCUT2D eigenvalue weighted by Gasteiger charge is 2.20. The van der Waals surface area contributed by atoms with Crippen LogP contribution in [-0.2, 0) is 9.53 Å². The average molecular weight is 223 g/mol. The Kier molecular flexibility index (Phi) is 3.60. The first-order valence-electron chi connectivity index (χ1n) is 4.84. The van der Waals surface area contributed by atoms with Gasteiger partial charge in [0.15, 0.2) is 0 Å². The first-order valence-corrected chi connectivity index (χ1v) is 4.84. The lowest BCUT2D eigenvalue weighted by Crippen LogP contribution is -2.07. The van der Waals surface area contributed by atoms with Crippen molar-refractivity contribution in [1.29, 1.82) is 0 Å². The summed E-state index contributed by atoms with van der Waals surface area (Å²) in [5.41, 5.74) is 1.28. The van der Waals surface area contributed by atoms with E-state index in [1.165, 1.54) is 13.0 Å². The molecule has 0 fully saturated rings. The molecule has 0 radical (unpaired) electrons. The normalized spacial score (nSPS) is 11.9. The van der Waals surface area contributed by atoms with E-state index in [2.05, 4.69) is 0 Å². The van der Waals surface area contributed by atoms with Crippen molar-refractivity contribution in [2.24, 2.45) is 0 Å². The molecular formula is C11H13NO4. The molecule has 1 unspecified atom stereocenters. The van der Waals surface area contributed by atoms with Gasteiger partial charge in [0.05, 0.1) is 10.5 Å². The number of hydrogen-bond donors (Lipinski definition) is 0. The Balaban J connectivity index is 3.13. The minimum atomic E-state index is -0.613. The summed E-state index contributed by atoms with van der Waals surface area (Å²) in [5, 5.41) is 10.8. The van der Waals surface area contributed by atoms with Crippen molar-refractivity contribution in [3.63, 3.8) is 0 Å². The third kappa shape index (κ3) is 2.79. The van der Waals surface area contributed by atoms with Crippen LogP contribution in [0.15, 0.2) is 18.2 Å². The van der Waals surface area contributed by atoms with E-state index in [4.69, 9.17) is 4.74 Å². The maximum absolute atomic E-state index is 10.8. The topological polar surface area (TPSA) is 69.4 Å². The van der Waals surface area contributed by atoms with Gasteiger partial charge in [-0.15, -0.1) is 0 Å². The molecule has 0 aliphatic heterocycles. The highest BCUT2D eigenvalue weighted by molar-refractivity contribution is 5.66. The molecule has 1 atom stereocenters. The van der Waals surface area contributed by atoms with Gasteiger partial charge in [-0.3, -0.25) is 14.9 Å². The summed E-state index contributed by atoms with van der Waals surface area (Å²) in [5.74, 6) is -0.455. The fraction of sp³-hybridized carbons (Fsp3) is 0.364. The summed E-state index contributed by atoms with van der Waals surface area (Å²) in [7, 11) is 0. The summed E-state index contributed by atoms with van der Waals surface area (Å²) >= 11 is 0. The molecule has 0 heterocycles. The summed E-state index contributed by atoms with van der Waals surface area (Å²) in [6.07, 6.45) is -0.613. The summed E-state index contributed by atoms with van der Waals surface area (Å²) in [6.45, 7) is 4.72. The molecule has 1 aromatic rings. The molecule has 1 aromatic carbocycles. The zero-order chi connectivity index (χ0) is 12.3. The number of nitrogens with zero attached hydrogens (tertiary/aromatic N) is 1. The molecular weight excluding hydrogens is 210 g/mol. The van der Waals surface area contributed by atoms with Crippen LogP contribution in [0.4, 0.5) is 5.69 Å². The van der Waals surface area contributed by atoms with Gasteiger partial charge < -0.3 is 4.74 Å². The molecule has 0 spiro atoms. The number of esters is 1. The Labute approximate surface area is 93.2 Å². The second-order valence-corrected chi connectivity index (χ2v) is 3.57. The van der Waals surface area contributed by atoms with E-state index in [0.29, 0.717) is 5.56 Å². The van der Waals surface area contributed by atoms with Crippen LogP contribution in [0.3, 0.4) is 0 Å². The van der Waals surface area contributed by atoms with E-state index in [1.54, 1.807) is 19.1 Å².